The molecule has 1 aliphatic heterocycles. The van der Waals surface area contributed by atoms with Crippen molar-refractivity contribution in [3.05, 3.63) is 34.6 Å². The quantitative estimate of drug-likeness (QED) is 0.383. The smallest absolute Gasteiger partial charge is 0.188 e. The predicted molar refractivity (Wildman–Crippen MR) is 112 cm³/mol. The standard InChI is InChI=1S/C18H26ClFN4.HI/c1-24-8-7-14(11-23-18(21)22-10-12-3-2-4-12)17(24)13-5-6-15(19)16(20)9-13;/h5-6,9,12,14,17H,2-4,7-8,10-11H2,1H3,(H3,21,22,23);1H. The summed E-state index contributed by atoms with van der Waals surface area (Å²) in [6.45, 7) is 2.56. The van der Waals surface area contributed by atoms with E-state index in [1.807, 2.05) is 6.07 Å². The maximum Gasteiger partial charge on any atom is 0.188 e. The van der Waals surface area contributed by atoms with Gasteiger partial charge in [0.2, 0.25) is 0 Å². The lowest BCUT2D eigenvalue weighted by Crippen LogP contribution is -2.37. The Kier molecular flexibility index (Phi) is 7.76. The zero-order chi connectivity index (χ0) is 17.1. The summed E-state index contributed by atoms with van der Waals surface area (Å²) in [6, 6.07) is 5.27. The number of hydrogen-bond donors (Lipinski definition) is 2. The van der Waals surface area contributed by atoms with Crippen molar-refractivity contribution < 1.29 is 4.39 Å². The van der Waals surface area contributed by atoms with Gasteiger partial charge in [0.15, 0.2) is 5.96 Å². The molecule has 2 atom stereocenters. The van der Waals surface area contributed by atoms with Gasteiger partial charge in [-0.1, -0.05) is 24.1 Å². The molecule has 0 radical (unpaired) electrons. The summed E-state index contributed by atoms with van der Waals surface area (Å²) < 4.78 is 13.8. The van der Waals surface area contributed by atoms with Crippen molar-refractivity contribution in [2.75, 3.05) is 26.7 Å². The maximum atomic E-state index is 13.8. The molecule has 2 unspecified atom stereocenters. The van der Waals surface area contributed by atoms with Gasteiger partial charge in [-0.15, -0.1) is 24.0 Å². The van der Waals surface area contributed by atoms with E-state index in [1.54, 1.807) is 12.1 Å². The van der Waals surface area contributed by atoms with Crippen LogP contribution in [-0.4, -0.2) is 37.5 Å². The minimum absolute atomic E-state index is 0. The van der Waals surface area contributed by atoms with Crippen LogP contribution in [0.25, 0.3) is 0 Å². The Labute approximate surface area is 171 Å². The molecule has 2 aliphatic rings. The van der Waals surface area contributed by atoms with Gasteiger partial charge in [-0.25, -0.2) is 4.39 Å². The van der Waals surface area contributed by atoms with Gasteiger partial charge in [0, 0.05) is 19.1 Å². The second kappa shape index (κ2) is 9.37. The molecule has 0 amide bonds. The first-order valence-electron chi connectivity index (χ1n) is 8.73. The van der Waals surface area contributed by atoms with E-state index >= 15 is 0 Å². The van der Waals surface area contributed by atoms with Crippen molar-refractivity contribution >= 4 is 41.5 Å². The molecule has 1 aliphatic carbocycles. The third-order valence-corrected chi connectivity index (χ3v) is 5.66. The lowest BCUT2D eigenvalue weighted by atomic mass is 9.86. The maximum absolute atomic E-state index is 13.8. The molecular weight excluding hydrogens is 454 g/mol. The molecule has 2 fully saturated rings. The summed E-state index contributed by atoms with van der Waals surface area (Å²) in [5.41, 5.74) is 6.96. The van der Waals surface area contributed by atoms with Gasteiger partial charge in [0.25, 0.3) is 0 Å². The zero-order valence-corrected chi connectivity index (χ0v) is 17.6. The van der Waals surface area contributed by atoms with Crippen LogP contribution < -0.4 is 11.1 Å². The minimum Gasteiger partial charge on any atom is -0.370 e. The van der Waals surface area contributed by atoms with E-state index in [0.717, 1.165) is 31.6 Å². The van der Waals surface area contributed by atoms with Crippen LogP contribution in [0.5, 0.6) is 0 Å². The second-order valence-electron chi connectivity index (χ2n) is 7.05. The fraction of sp³-hybridized carbons (Fsp3) is 0.611. The molecule has 140 valence electrons. The van der Waals surface area contributed by atoms with E-state index in [0.29, 0.717) is 17.8 Å². The summed E-state index contributed by atoms with van der Waals surface area (Å²) in [7, 11) is 2.07. The molecule has 1 saturated carbocycles. The molecule has 4 nitrogen and oxygen atoms in total. The fourth-order valence-corrected chi connectivity index (χ4v) is 3.77. The summed E-state index contributed by atoms with van der Waals surface area (Å²) in [4.78, 5) is 6.70. The predicted octanol–water partition coefficient (Wildman–Crippen LogP) is 3.79. The van der Waals surface area contributed by atoms with Crippen molar-refractivity contribution in [1.82, 2.24) is 10.2 Å². The number of nitrogens with two attached hydrogens (primary N) is 1. The monoisotopic (exact) mass is 480 g/mol. The minimum atomic E-state index is -0.359. The highest BCUT2D eigenvalue weighted by Crippen LogP contribution is 2.36. The van der Waals surface area contributed by atoms with Crippen molar-refractivity contribution in [3.63, 3.8) is 0 Å². The Morgan fingerprint density at radius 3 is 2.80 bits per heavy atom. The number of nitrogens with one attached hydrogen (secondary N) is 1. The average Bonchev–Trinajstić information content (AvgIpc) is 2.87. The second-order valence-corrected chi connectivity index (χ2v) is 7.46. The number of benzene rings is 1. The molecule has 1 saturated heterocycles. The van der Waals surface area contributed by atoms with Crippen LogP contribution in [0.1, 0.15) is 37.3 Å². The fourth-order valence-electron chi connectivity index (χ4n) is 3.66. The van der Waals surface area contributed by atoms with E-state index in [2.05, 4.69) is 22.3 Å². The highest BCUT2D eigenvalue weighted by atomic mass is 127. The average molecular weight is 481 g/mol. The Morgan fingerprint density at radius 1 is 1.40 bits per heavy atom. The summed E-state index contributed by atoms with van der Waals surface area (Å²) in [5, 5.41) is 3.42. The molecule has 7 heteroatoms. The molecule has 1 heterocycles. The van der Waals surface area contributed by atoms with Gasteiger partial charge in [0.05, 0.1) is 5.02 Å². The van der Waals surface area contributed by atoms with Gasteiger partial charge in [-0.3, -0.25) is 9.89 Å². The Balaban J connectivity index is 0.00000225. The van der Waals surface area contributed by atoms with E-state index in [-0.39, 0.29) is 40.9 Å². The first kappa shape index (κ1) is 20.7. The first-order valence-corrected chi connectivity index (χ1v) is 9.11. The Hall–Kier alpha value is -0.600. The van der Waals surface area contributed by atoms with E-state index < -0.39 is 0 Å². The Morgan fingerprint density at radius 2 is 2.16 bits per heavy atom. The molecule has 1 aromatic carbocycles. The summed E-state index contributed by atoms with van der Waals surface area (Å²) >= 11 is 5.81. The van der Waals surface area contributed by atoms with Crippen molar-refractivity contribution in [2.24, 2.45) is 22.6 Å². The lowest BCUT2D eigenvalue weighted by molar-refractivity contribution is 0.275. The van der Waals surface area contributed by atoms with E-state index in [4.69, 9.17) is 17.3 Å². The third-order valence-electron chi connectivity index (χ3n) is 5.35. The largest absolute Gasteiger partial charge is 0.370 e. The number of hydrogen-bond acceptors (Lipinski definition) is 2. The number of halogens is 3. The molecule has 3 rings (SSSR count). The van der Waals surface area contributed by atoms with Crippen LogP contribution in [0.4, 0.5) is 4.39 Å². The lowest BCUT2D eigenvalue weighted by Gasteiger charge is -2.26. The number of guanidine groups is 1. The molecule has 0 spiro atoms. The van der Waals surface area contributed by atoms with Gasteiger partial charge in [-0.2, -0.15) is 0 Å². The van der Waals surface area contributed by atoms with Gasteiger partial charge in [-0.05, 0) is 62.4 Å². The normalized spacial score (nSPS) is 24.7. The summed E-state index contributed by atoms with van der Waals surface area (Å²) in [6.07, 6.45) is 4.92. The van der Waals surface area contributed by atoms with E-state index in [9.17, 15) is 4.39 Å². The number of likely N-dealkylation sites (tertiary alicyclic amines) is 1. The third kappa shape index (κ3) is 5.20. The topological polar surface area (TPSA) is 53.6 Å². The molecule has 3 N–H and O–H groups in total. The van der Waals surface area contributed by atoms with Gasteiger partial charge < -0.3 is 11.1 Å². The van der Waals surface area contributed by atoms with Crippen LogP contribution in [0.15, 0.2) is 23.2 Å². The molecule has 0 aromatic heterocycles. The first-order chi connectivity index (χ1) is 11.5. The van der Waals surface area contributed by atoms with Crippen LogP contribution in [0, 0.1) is 17.7 Å². The van der Waals surface area contributed by atoms with Crippen LogP contribution in [0.3, 0.4) is 0 Å². The highest BCUT2D eigenvalue weighted by Gasteiger charge is 2.33. The molecule has 25 heavy (non-hydrogen) atoms. The van der Waals surface area contributed by atoms with Gasteiger partial charge in [0.1, 0.15) is 5.82 Å². The number of rotatable bonds is 5. The molecule has 1 aromatic rings. The van der Waals surface area contributed by atoms with Crippen LogP contribution in [0.2, 0.25) is 5.02 Å². The van der Waals surface area contributed by atoms with Crippen LogP contribution in [-0.2, 0) is 0 Å². The van der Waals surface area contributed by atoms with Crippen molar-refractivity contribution in [2.45, 2.75) is 31.7 Å². The zero-order valence-electron chi connectivity index (χ0n) is 14.5. The SMILES string of the molecule is CN1CCC(CNC(N)=NCC2CCC2)C1c1ccc(Cl)c(F)c1.I. The van der Waals surface area contributed by atoms with Crippen molar-refractivity contribution in [3.8, 4) is 0 Å². The highest BCUT2D eigenvalue weighted by molar-refractivity contribution is 14.0. The number of aliphatic imine (C=N–C) groups is 1. The summed E-state index contributed by atoms with van der Waals surface area (Å²) in [5.74, 6) is 1.25. The molecule has 0 bridgehead atoms. The van der Waals surface area contributed by atoms with Crippen LogP contribution >= 0.6 is 35.6 Å². The Bertz CT molecular complexity index is 609. The molecular formula is C18H27ClFIN4. The van der Waals surface area contributed by atoms with Gasteiger partial charge >= 0.3 is 0 Å². The van der Waals surface area contributed by atoms with Crippen molar-refractivity contribution in [1.29, 1.82) is 0 Å². The number of nitrogens with zero attached hydrogens (tertiary/aromatic N) is 2. The van der Waals surface area contributed by atoms with E-state index in [1.165, 1.54) is 19.3 Å².